The first kappa shape index (κ1) is 20.9. The second kappa shape index (κ2) is 8.25. The second-order valence-electron chi connectivity index (χ2n) is 7.46. The molecule has 29 heavy (non-hydrogen) atoms. The summed E-state index contributed by atoms with van der Waals surface area (Å²) in [6, 6.07) is 11.4. The number of carbonyl (C=O) groups excluding carboxylic acids is 3. The summed E-state index contributed by atoms with van der Waals surface area (Å²) in [7, 11) is 1.38. The number of nitrogens with zero attached hydrogens (tertiary/aromatic N) is 1. The van der Waals surface area contributed by atoms with Crippen LogP contribution in [0.3, 0.4) is 0 Å². The average molecular weight is 416 g/mol. The molecule has 0 fully saturated rings. The number of halogens is 1. The molecule has 0 unspecified atom stereocenters. The second-order valence-corrected chi connectivity index (χ2v) is 7.89. The van der Waals surface area contributed by atoms with Crippen LogP contribution in [0.2, 0.25) is 5.02 Å². The lowest BCUT2D eigenvalue weighted by atomic mass is 9.88. The molecule has 2 amide bonds. The van der Waals surface area contributed by atoms with Crippen LogP contribution in [0, 0.1) is 5.41 Å². The van der Waals surface area contributed by atoms with Gasteiger partial charge in [0.1, 0.15) is 5.75 Å². The SMILES string of the molecule is COC(=O)C(C)(C)CCCOc1ccc(N2C(=O)c3ccc(Cl)cc3C2=O)cc1. The predicted octanol–water partition coefficient (Wildman–Crippen LogP) is 4.50. The Hall–Kier alpha value is -2.86. The van der Waals surface area contributed by atoms with Gasteiger partial charge in [0.2, 0.25) is 0 Å². The number of methoxy groups -OCH3 is 1. The van der Waals surface area contributed by atoms with E-state index in [1.165, 1.54) is 13.2 Å². The monoisotopic (exact) mass is 415 g/mol. The number of benzene rings is 2. The van der Waals surface area contributed by atoms with E-state index in [-0.39, 0.29) is 11.9 Å². The van der Waals surface area contributed by atoms with Gasteiger partial charge in [-0.3, -0.25) is 14.4 Å². The smallest absolute Gasteiger partial charge is 0.311 e. The standard InChI is InChI=1S/C22H22ClNO5/c1-22(2,21(27)28-3)11-4-12-29-16-8-6-15(7-9-16)24-19(25)17-10-5-14(23)13-18(17)20(24)26/h5-10,13H,4,11-12H2,1-3H3. The quantitative estimate of drug-likeness (QED) is 0.378. The minimum absolute atomic E-state index is 0.246. The molecule has 3 rings (SSSR count). The molecule has 0 spiro atoms. The number of amides is 2. The fourth-order valence-corrected chi connectivity index (χ4v) is 3.39. The Kier molecular flexibility index (Phi) is 5.94. The Bertz CT molecular complexity index is 952. The van der Waals surface area contributed by atoms with Crippen LogP contribution in [0.1, 0.15) is 47.4 Å². The molecule has 0 radical (unpaired) electrons. The van der Waals surface area contributed by atoms with Crippen molar-refractivity contribution in [2.75, 3.05) is 18.6 Å². The molecule has 0 saturated carbocycles. The van der Waals surface area contributed by atoms with E-state index >= 15 is 0 Å². The summed E-state index contributed by atoms with van der Waals surface area (Å²) in [6.07, 6.45) is 1.32. The van der Waals surface area contributed by atoms with Crippen LogP contribution < -0.4 is 9.64 Å². The zero-order valence-corrected chi connectivity index (χ0v) is 17.3. The fraction of sp³-hybridized carbons (Fsp3) is 0.318. The number of carbonyl (C=O) groups is 3. The van der Waals surface area contributed by atoms with E-state index in [1.54, 1.807) is 36.4 Å². The van der Waals surface area contributed by atoms with Gasteiger partial charge in [-0.1, -0.05) is 11.6 Å². The van der Waals surface area contributed by atoms with Crippen LogP contribution in [0.15, 0.2) is 42.5 Å². The Morgan fingerprint density at radius 1 is 1.03 bits per heavy atom. The molecular weight excluding hydrogens is 394 g/mol. The summed E-state index contributed by atoms with van der Waals surface area (Å²) in [5.41, 5.74) is 0.548. The number of imide groups is 1. The van der Waals surface area contributed by atoms with Gasteiger partial charge in [-0.25, -0.2) is 4.90 Å². The zero-order chi connectivity index (χ0) is 21.2. The van der Waals surface area contributed by atoms with Gasteiger partial charge in [-0.15, -0.1) is 0 Å². The number of rotatable bonds is 7. The summed E-state index contributed by atoms with van der Waals surface area (Å²) in [5.74, 6) is -0.403. The lowest BCUT2D eigenvalue weighted by molar-refractivity contribution is -0.151. The fourth-order valence-electron chi connectivity index (χ4n) is 3.22. The lowest BCUT2D eigenvalue weighted by Gasteiger charge is -2.21. The zero-order valence-electron chi connectivity index (χ0n) is 16.5. The highest BCUT2D eigenvalue weighted by Gasteiger charge is 2.36. The highest BCUT2D eigenvalue weighted by atomic mass is 35.5. The van der Waals surface area contributed by atoms with Crippen molar-refractivity contribution in [3.63, 3.8) is 0 Å². The van der Waals surface area contributed by atoms with Crippen molar-refractivity contribution in [1.82, 2.24) is 0 Å². The van der Waals surface area contributed by atoms with Gasteiger partial charge in [0.05, 0.1) is 35.9 Å². The Labute approximate surface area is 174 Å². The van der Waals surface area contributed by atoms with Crippen LogP contribution in [0.5, 0.6) is 5.75 Å². The summed E-state index contributed by atoms with van der Waals surface area (Å²) in [4.78, 5) is 38.0. The molecule has 1 aliphatic heterocycles. The van der Waals surface area contributed by atoms with E-state index < -0.39 is 11.3 Å². The molecule has 0 atom stereocenters. The van der Waals surface area contributed by atoms with Gasteiger partial charge < -0.3 is 9.47 Å². The van der Waals surface area contributed by atoms with E-state index in [0.717, 1.165) is 4.90 Å². The maximum absolute atomic E-state index is 12.6. The summed E-state index contributed by atoms with van der Waals surface area (Å²) < 4.78 is 10.5. The molecule has 1 aliphatic rings. The first-order chi connectivity index (χ1) is 13.7. The Morgan fingerprint density at radius 3 is 2.34 bits per heavy atom. The topological polar surface area (TPSA) is 72.9 Å². The minimum atomic E-state index is -0.559. The van der Waals surface area contributed by atoms with Crippen molar-refractivity contribution in [2.45, 2.75) is 26.7 Å². The summed E-state index contributed by atoms with van der Waals surface area (Å²) >= 11 is 5.94. The normalized spacial score (nSPS) is 13.4. The van der Waals surface area contributed by atoms with Crippen molar-refractivity contribution in [3.05, 3.63) is 58.6 Å². The molecular formula is C22H22ClNO5. The van der Waals surface area contributed by atoms with Gasteiger partial charge in [0.25, 0.3) is 11.8 Å². The van der Waals surface area contributed by atoms with Gasteiger partial charge >= 0.3 is 5.97 Å². The molecule has 0 N–H and O–H groups in total. The highest BCUT2D eigenvalue weighted by Crippen LogP contribution is 2.31. The molecule has 2 aromatic carbocycles. The van der Waals surface area contributed by atoms with Crippen molar-refractivity contribution in [1.29, 1.82) is 0 Å². The predicted molar refractivity (Wildman–Crippen MR) is 110 cm³/mol. The molecule has 6 nitrogen and oxygen atoms in total. The number of esters is 1. The molecule has 0 aromatic heterocycles. The van der Waals surface area contributed by atoms with Gasteiger partial charge in [0.15, 0.2) is 0 Å². The highest BCUT2D eigenvalue weighted by molar-refractivity contribution is 6.36. The molecule has 1 heterocycles. The maximum atomic E-state index is 12.6. The maximum Gasteiger partial charge on any atom is 0.311 e. The summed E-state index contributed by atoms with van der Waals surface area (Å²) in [6.45, 7) is 4.11. The third kappa shape index (κ3) is 4.27. The third-order valence-electron chi connectivity index (χ3n) is 4.90. The van der Waals surface area contributed by atoms with Crippen LogP contribution in [0.25, 0.3) is 0 Å². The number of hydrogen-bond acceptors (Lipinski definition) is 5. The van der Waals surface area contributed by atoms with Crippen LogP contribution in [0.4, 0.5) is 5.69 Å². The number of fused-ring (bicyclic) bond motifs is 1. The lowest BCUT2D eigenvalue weighted by Crippen LogP contribution is -2.29. The van der Waals surface area contributed by atoms with E-state index in [4.69, 9.17) is 21.1 Å². The average Bonchev–Trinajstić information content (AvgIpc) is 2.95. The van der Waals surface area contributed by atoms with E-state index in [2.05, 4.69) is 0 Å². The molecule has 7 heteroatoms. The Balaban J connectivity index is 1.61. The largest absolute Gasteiger partial charge is 0.494 e. The number of hydrogen-bond donors (Lipinski definition) is 0. The van der Waals surface area contributed by atoms with Crippen LogP contribution >= 0.6 is 11.6 Å². The van der Waals surface area contributed by atoms with Crippen LogP contribution in [-0.4, -0.2) is 31.5 Å². The molecule has 0 saturated heterocycles. The van der Waals surface area contributed by atoms with E-state index in [0.29, 0.717) is 47.0 Å². The molecule has 152 valence electrons. The summed E-state index contributed by atoms with van der Waals surface area (Å²) in [5, 5.41) is 0.408. The molecule has 0 aliphatic carbocycles. The first-order valence-electron chi connectivity index (χ1n) is 9.24. The van der Waals surface area contributed by atoms with Crippen molar-refractivity contribution in [3.8, 4) is 5.75 Å². The van der Waals surface area contributed by atoms with Crippen molar-refractivity contribution in [2.24, 2.45) is 5.41 Å². The minimum Gasteiger partial charge on any atom is -0.494 e. The number of anilines is 1. The van der Waals surface area contributed by atoms with Gasteiger partial charge in [-0.05, 0) is 69.2 Å². The van der Waals surface area contributed by atoms with E-state index in [9.17, 15) is 14.4 Å². The van der Waals surface area contributed by atoms with Gasteiger partial charge in [0, 0.05) is 5.02 Å². The van der Waals surface area contributed by atoms with Crippen LogP contribution in [-0.2, 0) is 9.53 Å². The first-order valence-corrected chi connectivity index (χ1v) is 9.62. The van der Waals surface area contributed by atoms with E-state index in [1.807, 2.05) is 13.8 Å². The Morgan fingerprint density at radius 2 is 1.69 bits per heavy atom. The third-order valence-corrected chi connectivity index (χ3v) is 5.13. The van der Waals surface area contributed by atoms with Crippen molar-refractivity contribution < 1.29 is 23.9 Å². The number of ether oxygens (including phenoxy) is 2. The molecule has 0 bridgehead atoms. The van der Waals surface area contributed by atoms with Crippen molar-refractivity contribution >= 4 is 35.1 Å². The molecule has 2 aromatic rings. The van der Waals surface area contributed by atoms with Gasteiger partial charge in [-0.2, -0.15) is 0 Å².